The van der Waals surface area contributed by atoms with E-state index in [1.54, 1.807) is 32.6 Å². The van der Waals surface area contributed by atoms with Crippen LogP contribution >= 0.6 is 0 Å². The molecule has 2 saturated carbocycles. The van der Waals surface area contributed by atoms with E-state index in [4.69, 9.17) is 5.26 Å². The number of anilines is 1. The quantitative estimate of drug-likeness (QED) is 0.612. The van der Waals surface area contributed by atoms with Gasteiger partial charge in [-0.1, -0.05) is 6.92 Å². The molecule has 3 aromatic rings. The van der Waals surface area contributed by atoms with Gasteiger partial charge in [-0.3, -0.25) is 9.48 Å². The minimum Gasteiger partial charge on any atom is -0.309 e. The second kappa shape index (κ2) is 6.64. The molecule has 2 atom stereocenters. The zero-order valence-electron chi connectivity index (χ0n) is 18.1. The number of aromatic nitrogens is 4. The molecule has 166 valence electrons. The predicted molar refractivity (Wildman–Crippen MR) is 116 cm³/mol. The molecule has 3 aliphatic rings. The fourth-order valence-corrected chi connectivity index (χ4v) is 5.55. The Bertz CT molecular complexity index is 1370. The molecule has 0 spiro atoms. The number of rotatable bonds is 4. The Hall–Kier alpha value is -3.72. The van der Waals surface area contributed by atoms with Crippen molar-refractivity contribution in [3.05, 3.63) is 36.9 Å². The maximum atomic E-state index is 14.0. The lowest BCUT2D eigenvalue weighted by Crippen LogP contribution is -2.39. The molecule has 4 heterocycles. The van der Waals surface area contributed by atoms with Gasteiger partial charge in [0.1, 0.15) is 11.5 Å². The Balaban J connectivity index is 1.33. The number of nitrogens with zero attached hydrogens (tertiary/aromatic N) is 7. The van der Waals surface area contributed by atoms with Crippen LogP contribution in [-0.4, -0.2) is 37.5 Å². The molecule has 1 saturated heterocycles. The van der Waals surface area contributed by atoms with Crippen molar-refractivity contribution >= 4 is 17.1 Å². The summed E-state index contributed by atoms with van der Waals surface area (Å²) in [5.41, 5.74) is 0.564. The number of hydrogen-bond donors (Lipinski definition) is 0. The Morgan fingerprint density at radius 3 is 2.64 bits per heavy atom. The van der Waals surface area contributed by atoms with E-state index in [2.05, 4.69) is 16.3 Å². The lowest BCUT2D eigenvalue weighted by atomic mass is 9.75. The standard InChI is InChI=1S/C24H22FN7O/c1-15-10-30(22(33)24(15,14-27)18-2-3-18)20-4-5-28-32-11-16(6-21(20)32)17-9-29-31(12-17)19-7-23(25,8-19)13-26/h4-6,9,11-12,15,18-19H,2-3,7-8,10H2,1H3/t15-,19?,23?,24+/m1/s1. The third-order valence-corrected chi connectivity index (χ3v) is 7.64. The van der Waals surface area contributed by atoms with E-state index in [9.17, 15) is 14.4 Å². The van der Waals surface area contributed by atoms with Crippen molar-refractivity contribution < 1.29 is 9.18 Å². The predicted octanol–water partition coefficient (Wildman–Crippen LogP) is 3.67. The van der Waals surface area contributed by atoms with Crippen molar-refractivity contribution in [1.29, 1.82) is 10.5 Å². The van der Waals surface area contributed by atoms with E-state index in [-0.39, 0.29) is 36.6 Å². The molecule has 33 heavy (non-hydrogen) atoms. The summed E-state index contributed by atoms with van der Waals surface area (Å²) < 4.78 is 17.4. The summed E-state index contributed by atoms with van der Waals surface area (Å²) in [6.45, 7) is 2.50. The van der Waals surface area contributed by atoms with Crippen LogP contribution in [0.4, 0.5) is 10.1 Å². The van der Waals surface area contributed by atoms with E-state index in [1.165, 1.54) is 0 Å². The highest BCUT2D eigenvalue weighted by molar-refractivity contribution is 6.05. The van der Waals surface area contributed by atoms with E-state index >= 15 is 0 Å². The first-order valence-electron chi connectivity index (χ1n) is 11.2. The minimum atomic E-state index is -1.75. The fourth-order valence-electron chi connectivity index (χ4n) is 5.55. The van der Waals surface area contributed by atoms with Gasteiger partial charge in [0.2, 0.25) is 5.91 Å². The topological polar surface area (TPSA) is 103 Å². The third kappa shape index (κ3) is 2.75. The largest absolute Gasteiger partial charge is 0.309 e. The summed E-state index contributed by atoms with van der Waals surface area (Å²) in [5.74, 6) is -0.000573. The molecular weight excluding hydrogens is 421 g/mol. The maximum absolute atomic E-state index is 14.0. The van der Waals surface area contributed by atoms with Crippen LogP contribution < -0.4 is 4.90 Å². The molecule has 9 heteroatoms. The number of amides is 1. The second-order valence-corrected chi connectivity index (χ2v) is 9.70. The van der Waals surface area contributed by atoms with Crippen LogP contribution in [0.5, 0.6) is 0 Å². The number of fused-ring (bicyclic) bond motifs is 1. The highest BCUT2D eigenvalue weighted by Crippen LogP contribution is 2.54. The zero-order valence-corrected chi connectivity index (χ0v) is 18.1. The van der Waals surface area contributed by atoms with Gasteiger partial charge in [-0.25, -0.2) is 8.91 Å². The van der Waals surface area contributed by atoms with Crippen molar-refractivity contribution in [3.8, 4) is 23.3 Å². The van der Waals surface area contributed by atoms with E-state index < -0.39 is 11.1 Å². The molecular formula is C24H22FN7O. The number of nitriles is 2. The smallest absolute Gasteiger partial charge is 0.248 e. The molecule has 3 fully saturated rings. The molecule has 1 amide bonds. The summed E-state index contributed by atoms with van der Waals surface area (Å²) in [6, 6.07) is 7.76. The van der Waals surface area contributed by atoms with Gasteiger partial charge in [0, 0.05) is 55.0 Å². The average molecular weight is 443 g/mol. The molecule has 0 aromatic carbocycles. The number of halogens is 1. The Kier molecular flexibility index (Phi) is 4.01. The van der Waals surface area contributed by atoms with Gasteiger partial charge >= 0.3 is 0 Å². The van der Waals surface area contributed by atoms with Gasteiger partial charge in [0.05, 0.1) is 29.5 Å². The highest BCUT2D eigenvalue weighted by Gasteiger charge is 2.61. The summed E-state index contributed by atoms with van der Waals surface area (Å²) in [6.07, 6.45) is 9.26. The molecule has 0 radical (unpaired) electrons. The van der Waals surface area contributed by atoms with Crippen LogP contribution in [0.15, 0.2) is 36.9 Å². The van der Waals surface area contributed by atoms with Crippen molar-refractivity contribution in [2.24, 2.45) is 17.3 Å². The van der Waals surface area contributed by atoms with E-state index in [0.717, 1.165) is 35.2 Å². The van der Waals surface area contributed by atoms with Gasteiger partial charge in [0.15, 0.2) is 5.67 Å². The average Bonchev–Trinajstić information content (AvgIpc) is 3.27. The Labute approximate surface area is 189 Å². The summed E-state index contributed by atoms with van der Waals surface area (Å²) in [4.78, 5) is 15.2. The van der Waals surface area contributed by atoms with Crippen molar-refractivity contribution in [3.63, 3.8) is 0 Å². The summed E-state index contributed by atoms with van der Waals surface area (Å²) >= 11 is 0. The summed E-state index contributed by atoms with van der Waals surface area (Å²) in [5, 5.41) is 27.6. The van der Waals surface area contributed by atoms with Crippen molar-refractivity contribution in [2.45, 2.75) is 44.3 Å². The monoisotopic (exact) mass is 443 g/mol. The van der Waals surface area contributed by atoms with Crippen LogP contribution in [0.2, 0.25) is 0 Å². The summed E-state index contributed by atoms with van der Waals surface area (Å²) in [7, 11) is 0. The molecule has 1 aliphatic heterocycles. The van der Waals surface area contributed by atoms with Gasteiger partial charge in [-0.05, 0) is 30.9 Å². The third-order valence-electron chi connectivity index (χ3n) is 7.64. The molecule has 3 aromatic heterocycles. The van der Waals surface area contributed by atoms with Gasteiger partial charge in [-0.15, -0.1) is 0 Å². The second-order valence-electron chi connectivity index (χ2n) is 9.70. The SMILES string of the molecule is C[C@@H]1CN(c2ccnn3cc(-c4cnn(C5CC(F)(C#N)C5)c4)cc23)C(=O)[C@]1(C#N)C1CC1. The van der Waals surface area contributed by atoms with Crippen LogP contribution in [-0.2, 0) is 4.79 Å². The van der Waals surface area contributed by atoms with Crippen LogP contribution in [0.25, 0.3) is 16.6 Å². The number of alkyl halides is 1. The first kappa shape index (κ1) is 19.9. The first-order valence-corrected chi connectivity index (χ1v) is 11.2. The van der Waals surface area contributed by atoms with E-state index in [0.29, 0.717) is 6.54 Å². The zero-order chi connectivity index (χ0) is 23.0. The van der Waals surface area contributed by atoms with Gasteiger partial charge in [0.25, 0.3) is 0 Å². The van der Waals surface area contributed by atoms with Crippen molar-refractivity contribution in [1.82, 2.24) is 19.4 Å². The van der Waals surface area contributed by atoms with Gasteiger partial charge in [-0.2, -0.15) is 20.7 Å². The van der Waals surface area contributed by atoms with Crippen LogP contribution in [0.3, 0.4) is 0 Å². The molecule has 8 nitrogen and oxygen atoms in total. The van der Waals surface area contributed by atoms with Crippen LogP contribution in [0, 0.1) is 39.9 Å². The number of hydrogen-bond acceptors (Lipinski definition) is 5. The Morgan fingerprint density at radius 1 is 1.15 bits per heavy atom. The lowest BCUT2D eigenvalue weighted by Gasteiger charge is -2.35. The minimum absolute atomic E-state index is 0.0399. The lowest BCUT2D eigenvalue weighted by molar-refractivity contribution is -0.124. The first-order chi connectivity index (χ1) is 15.9. The fraction of sp³-hybridized carbons (Fsp3) is 0.458. The molecule has 0 N–H and O–H groups in total. The van der Waals surface area contributed by atoms with E-state index in [1.807, 2.05) is 31.5 Å². The molecule has 0 bridgehead atoms. The van der Waals surface area contributed by atoms with Gasteiger partial charge < -0.3 is 4.90 Å². The molecule has 6 rings (SSSR count). The maximum Gasteiger partial charge on any atom is 0.248 e. The Morgan fingerprint density at radius 2 is 1.94 bits per heavy atom. The number of carbonyl (C=O) groups is 1. The van der Waals surface area contributed by atoms with Crippen LogP contribution in [0.1, 0.15) is 38.6 Å². The van der Waals surface area contributed by atoms with Crippen molar-refractivity contribution in [2.75, 3.05) is 11.4 Å². The normalized spacial score (nSPS) is 31.4. The number of carbonyl (C=O) groups excluding carboxylic acids is 1. The molecule has 2 aliphatic carbocycles. The highest BCUT2D eigenvalue weighted by atomic mass is 19.1. The molecule has 0 unspecified atom stereocenters.